The Balaban J connectivity index is 2.11. The molecule has 0 aromatic rings. The highest BCUT2D eigenvalue weighted by atomic mass is 15.3. The van der Waals surface area contributed by atoms with Crippen LogP contribution in [-0.4, -0.2) is 62.2 Å². The zero-order valence-corrected chi connectivity index (χ0v) is 13.7. The first-order valence-corrected chi connectivity index (χ1v) is 8.53. The van der Waals surface area contributed by atoms with E-state index in [0.29, 0.717) is 12.1 Å². The molecule has 2 atom stereocenters. The maximum atomic E-state index is 3.78. The number of hydrogen-bond donors (Lipinski definition) is 1. The molecule has 1 aliphatic heterocycles. The van der Waals surface area contributed by atoms with E-state index in [0.717, 1.165) is 6.54 Å². The van der Waals surface area contributed by atoms with Crippen LogP contribution < -0.4 is 5.32 Å². The fraction of sp³-hybridized carbons (Fsp3) is 0.882. The molecule has 2 rings (SSSR count). The molecule has 1 aliphatic carbocycles. The van der Waals surface area contributed by atoms with Gasteiger partial charge >= 0.3 is 0 Å². The molecule has 3 nitrogen and oxygen atoms in total. The summed E-state index contributed by atoms with van der Waals surface area (Å²) in [6.07, 6.45) is 10.7. The molecule has 1 N–H and O–H groups in total. The summed E-state index contributed by atoms with van der Waals surface area (Å²) in [6.45, 7) is 6.88. The second-order valence-corrected chi connectivity index (χ2v) is 6.58. The number of nitrogens with one attached hydrogen (secondary N) is 1. The van der Waals surface area contributed by atoms with E-state index >= 15 is 0 Å². The van der Waals surface area contributed by atoms with Crippen LogP contribution in [0.5, 0.6) is 0 Å². The number of allylic oxidation sites excluding steroid dienone is 1. The van der Waals surface area contributed by atoms with Gasteiger partial charge in [0.2, 0.25) is 0 Å². The topological polar surface area (TPSA) is 18.5 Å². The van der Waals surface area contributed by atoms with Crippen LogP contribution in [-0.2, 0) is 0 Å². The van der Waals surface area contributed by atoms with Crippen LogP contribution in [0.4, 0.5) is 0 Å². The second-order valence-electron chi connectivity index (χ2n) is 6.58. The summed E-state index contributed by atoms with van der Waals surface area (Å²) in [5, 5.41) is 3.78. The van der Waals surface area contributed by atoms with E-state index in [2.05, 4.69) is 42.2 Å². The molecule has 20 heavy (non-hydrogen) atoms. The molecule has 0 saturated carbocycles. The van der Waals surface area contributed by atoms with Gasteiger partial charge in [-0.15, -0.1) is 0 Å². The van der Waals surface area contributed by atoms with Crippen LogP contribution in [0.1, 0.15) is 45.4 Å². The summed E-state index contributed by atoms with van der Waals surface area (Å²) in [5.41, 5.74) is 1.68. The number of piperazine rings is 1. The third kappa shape index (κ3) is 4.31. The molecule has 1 fully saturated rings. The van der Waals surface area contributed by atoms with Crippen molar-refractivity contribution in [1.29, 1.82) is 0 Å². The molecule has 0 radical (unpaired) electrons. The Hall–Kier alpha value is -0.380. The Morgan fingerprint density at radius 2 is 2.00 bits per heavy atom. The van der Waals surface area contributed by atoms with Crippen LogP contribution >= 0.6 is 0 Å². The Morgan fingerprint density at radius 3 is 2.80 bits per heavy atom. The quantitative estimate of drug-likeness (QED) is 0.798. The van der Waals surface area contributed by atoms with E-state index in [4.69, 9.17) is 0 Å². The Kier molecular flexibility index (Phi) is 6.53. The molecule has 1 heterocycles. The van der Waals surface area contributed by atoms with Crippen LogP contribution in [0.25, 0.3) is 0 Å². The molecule has 0 aromatic heterocycles. The third-order valence-electron chi connectivity index (χ3n) is 4.93. The number of nitrogens with zero attached hydrogens (tertiary/aromatic N) is 2. The van der Waals surface area contributed by atoms with E-state index in [1.54, 1.807) is 5.57 Å². The summed E-state index contributed by atoms with van der Waals surface area (Å²) in [6, 6.07) is 1.17. The van der Waals surface area contributed by atoms with Crippen LogP contribution in [0.15, 0.2) is 11.6 Å². The molecular formula is C17H33N3. The van der Waals surface area contributed by atoms with E-state index in [9.17, 15) is 0 Å². The molecule has 116 valence electrons. The maximum absolute atomic E-state index is 3.78. The largest absolute Gasteiger partial charge is 0.309 e. The molecule has 0 bridgehead atoms. The minimum atomic E-state index is 0.547. The second kappa shape index (κ2) is 8.16. The highest BCUT2D eigenvalue weighted by Crippen LogP contribution is 2.24. The van der Waals surface area contributed by atoms with Gasteiger partial charge in [0.1, 0.15) is 0 Å². The zero-order chi connectivity index (χ0) is 14.4. The molecular weight excluding hydrogens is 246 g/mol. The Labute approximate surface area is 125 Å². The molecule has 3 heteroatoms. The van der Waals surface area contributed by atoms with Gasteiger partial charge in [-0.3, -0.25) is 4.90 Å². The highest BCUT2D eigenvalue weighted by molar-refractivity contribution is 5.16. The van der Waals surface area contributed by atoms with Gasteiger partial charge in [0, 0.05) is 31.7 Å². The summed E-state index contributed by atoms with van der Waals surface area (Å²) < 4.78 is 0. The smallest absolute Gasteiger partial charge is 0.0449 e. The normalized spacial score (nSPS) is 28.6. The van der Waals surface area contributed by atoms with Crippen molar-refractivity contribution in [1.82, 2.24) is 15.1 Å². The van der Waals surface area contributed by atoms with Crippen molar-refractivity contribution < 1.29 is 0 Å². The fourth-order valence-corrected chi connectivity index (χ4v) is 3.64. The average Bonchev–Trinajstić information content (AvgIpc) is 2.40. The van der Waals surface area contributed by atoms with Crippen molar-refractivity contribution in [2.45, 2.75) is 57.5 Å². The van der Waals surface area contributed by atoms with Crippen LogP contribution in [0, 0.1) is 0 Å². The fourth-order valence-electron chi connectivity index (χ4n) is 3.64. The van der Waals surface area contributed by atoms with Gasteiger partial charge in [-0.05, 0) is 46.3 Å². The van der Waals surface area contributed by atoms with Gasteiger partial charge in [-0.2, -0.15) is 0 Å². The maximum Gasteiger partial charge on any atom is 0.0449 e. The standard InChI is InChI=1S/C17H33N3/c1-4-18-17(15-10-8-6-5-7-9-11-15)16-14-19(2)12-13-20(16)3/h10,16-18H,4-9,11-14H2,1-3H3. The van der Waals surface area contributed by atoms with E-state index in [1.807, 2.05) is 0 Å². The van der Waals surface area contributed by atoms with Gasteiger partial charge in [0.25, 0.3) is 0 Å². The van der Waals surface area contributed by atoms with Crippen molar-refractivity contribution >= 4 is 0 Å². The minimum Gasteiger partial charge on any atom is -0.309 e. The van der Waals surface area contributed by atoms with Gasteiger partial charge < -0.3 is 10.2 Å². The van der Waals surface area contributed by atoms with Crippen molar-refractivity contribution in [3.8, 4) is 0 Å². The van der Waals surface area contributed by atoms with E-state index < -0.39 is 0 Å². The van der Waals surface area contributed by atoms with Crippen molar-refractivity contribution in [2.75, 3.05) is 40.3 Å². The minimum absolute atomic E-state index is 0.547. The zero-order valence-electron chi connectivity index (χ0n) is 13.7. The lowest BCUT2D eigenvalue weighted by Gasteiger charge is -2.43. The lowest BCUT2D eigenvalue weighted by atomic mass is 9.89. The van der Waals surface area contributed by atoms with E-state index in [-0.39, 0.29) is 0 Å². The van der Waals surface area contributed by atoms with Crippen molar-refractivity contribution in [2.24, 2.45) is 0 Å². The van der Waals surface area contributed by atoms with Crippen molar-refractivity contribution in [3.05, 3.63) is 11.6 Å². The molecule has 0 amide bonds. The lowest BCUT2D eigenvalue weighted by Crippen LogP contribution is -2.59. The first kappa shape index (κ1) is 16.0. The molecule has 2 aliphatic rings. The summed E-state index contributed by atoms with van der Waals surface area (Å²) >= 11 is 0. The third-order valence-corrected chi connectivity index (χ3v) is 4.93. The molecule has 0 aromatic carbocycles. The van der Waals surface area contributed by atoms with E-state index in [1.165, 1.54) is 58.2 Å². The number of likely N-dealkylation sites (N-methyl/N-ethyl adjacent to an activating group) is 3. The molecule has 0 spiro atoms. The highest BCUT2D eigenvalue weighted by Gasteiger charge is 2.31. The average molecular weight is 279 g/mol. The summed E-state index contributed by atoms with van der Waals surface area (Å²) in [7, 11) is 4.56. The first-order valence-electron chi connectivity index (χ1n) is 8.53. The Morgan fingerprint density at radius 1 is 1.20 bits per heavy atom. The predicted molar refractivity (Wildman–Crippen MR) is 87.2 cm³/mol. The summed E-state index contributed by atoms with van der Waals surface area (Å²) in [4.78, 5) is 5.05. The molecule has 1 saturated heterocycles. The summed E-state index contributed by atoms with van der Waals surface area (Å²) in [5.74, 6) is 0. The van der Waals surface area contributed by atoms with Crippen LogP contribution in [0.2, 0.25) is 0 Å². The predicted octanol–water partition coefficient (Wildman–Crippen LogP) is 2.49. The van der Waals surface area contributed by atoms with Crippen LogP contribution in [0.3, 0.4) is 0 Å². The SMILES string of the molecule is CCNC(C1=CCCCCCC1)C1CN(C)CCN1C. The monoisotopic (exact) mass is 279 g/mol. The first-order chi connectivity index (χ1) is 9.72. The van der Waals surface area contributed by atoms with Gasteiger partial charge in [-0.25, -0.2) is 0 Å². The van der Waals surface area contributed by atoms with Gasteiger partial charge in [-0.1, -0.05) is 31.4 Å². The number of rotatable bonds is 4. The van der Waals surface area contributed by atoms with Gasteiger partial charge in [0.15, 0.2) is 0 Å². The number of hydrogen-bond acceptors (Lipinski definition) is 3. The molecule has 2 unspecified atom stereocenters. The Bertz CT molecular complexity index is 313. The van der Waals surface area contributed by atoms with Gasteiger partial charge in [0.05, 0.1) is 0 Å². The lowest BCUT2D eigenvalue weighted by molar-refractivity contribution is 0.0953. The van der Waals surface area contributed by atoms with Crippen molar-refractivity contribution in [3.63, 3.8) is 0 Å².